The molecule has 0 spiro atoms. The summed E-state index contributed by atoms with van der Waals surface area (Å²) in [5.41, 5.74) is 1.07. The number of nitrogens with zero attached hydrogens (tertiary/aromatic N) is 2. The molecule has 1 fully saturated rings. The van der Waals surface area contributed by atoms with E-state index in [1.807, 2.05) is 0 Å². The van der Waals surface area contributed by atoms with Gasteiger partial charge in [0.05, 0.1) is 5.56 Å². The van der Waals surface area contributed by atoms with E-state index >= 15 is 0 Å². The van der Waals surface area contributed by atoms with Crippen molar-refractivity contribution < 1.29 is 14.7 Å². The van der Waals surface area contributed by atoms with Gasteiger partial charge in [0.2, 0.25) is 5.91 Å². The van der Waals surface area contributed by atoms with Gasteiger partial charge in [0.1, 0.15) is 10.8 Å². The van der Waals surface area contributed by atoms with Crippen molar-refractivity contribution in [2.75, 3.05) is 0 Å². The Morgan fingerprint density at radius 2 is 2.07 bits per heavy atom. The summed E-state index contributed by atoms with van der Waals surface area (Å²) in [6, 6.07) is 13.7. The number of aliphatic imine (C=N–C) groups is 1. The van der Waals surface area contributed by atoms with E-state index in [1.54, 1.807) is 42.5 Å². The quantitative estimate of drug-likeness (QED) is 0.688. The van der Waals surface area contributed by atoms with E-state index in [-0.39, 0.29) is 22.4 Å². The van der Waals surface area contributed by atoms with Crippen LogP contribution >= 0.6 is 23.4 Å². The first-order valence-corrected chi connectivity index (χ1v) is 9.21. The number of aromatic hydroxyl groups is 1. The second-order valence-electron chi connectivity index (χ2n) is 5.80. The highest BCUT2D eigenvalue weighted by molar-refractivity contribution is 8.15. The normalized spacial score (nSPS) is 18.0. The number of nitrogens with one attached hydrogen (secondary N) is 1. The second kappa shape index (κ2) is 7.02. The van der Waals surface area contributed by atoms with Crippen molar-refractivity contribution in [2.45, 2.75) is 5.25 Å². The zero-order chi connectivity index (χ0) is 19.0. The molecule has 6 nitrogen and oxygen atoms in total. The van der Waals surface area contributed by atoms with Crippen LogP contribution in [0, 0.1) is 0 Å². The van der Waals surface area contributed by atoms with Crippen molar-refractivity contribution in [3.63, 3.8) is 0 Å². The maximum absolute atomic E-state index is 12.5. The van der Waals surface area contributed by atoms with E-state index in [1.165, 1.54) is 12.3 Å². The summed E-state index contributed by atoms with van der Waals surface area (Å²) >= 11 is 7.10. The van der Waals surface area contributed by atoms with Crippen LogP contribution in [0.25, 0.3) is 10.9 Å². The molecular weight excluding hydrogens is 386 g/mol. The molecule has 27 heavy (non-hydrogen) atoms. The van der Waals surface area contributed by atoms with Crippen LogP contribution < -0.4 is 5.32 Å². The highest BCUT2D eigenvalue weighted by Crippen LogP contribution is 2.36. The molecular formula is C19H12ClN3O3S. The first kappa shape index (κ1) is 17.5. The summed E-state index contributed by atoms with van der Waals surface area (Å²) in [7, 11) is 0. The van der Waals surface area contributed by atoms with Gasteiger partial charge in [-0.3, -0.25) is 14.6 Å². The van der Waals surface area contributed by atoms with E-state index < -0.39 is 11.2 Å². The van der Waals surface area contributed by atoms with Crippen molar-refractivity contribution in [1.29, 1.82) is 0 Å². The minimum absolute atomic E-state index is 0.0229. The standard InChI is InChI=1S/C19H12ClN3O3S/c20-12-5-1-3-11(9-12)16-18(26)23-19(27-16)22-17(25)13-7-6-10-4-2-8-21-14(10)15(13)24/h1-9,16,24H,(H,22,23,25,26). The molecule has 0 aliphatic carbocycles. The molecule has 1 saturated heterocycles. The first-order valence-electron chi connectivity index (χ1n) is 7.95. The van der Waals surface area contributed by atoms with Crippen LogP contribution in [0.3, 0.4) is 0 Å². The number of pyridine rings is 1. The van der Waals surface area contributed by atoms with Gasteiger partial charge < -0.3 is 10.4 Å². The maximum Gasteiger partial charge on any atom is 0.283 e. The molecule has 4 rings (SSSR count). The molecule has 2 aromatic carbocycles. The molecule has 3 aromatic rings. The van der Waals surface area contributed by atoms with Gasteiger partial charge in [-0.15, -0.1) is 0 Å². The largest absolute Gasteiger partial charge is 0.505 e. The highest BCUT2D eigenvalue weighted by atomic mass is 35.5. The first-order chi connectivity index (χ1) is 13.0. The van der Waals surface area contributed by atoms with Crippen molar-refractivity contribution in [1.82, 2.24) is 10.3 Å². The Kier molecular flexibility index (Phi) is 4.55. The van der Waals surface area contributed by atoms with Crippen LogP contribution in [0.2, 0.25) is 5.02 Å². The number of phenolic OH excluding ortho intramolecular Hbond substituents is 1. The van der Waals surface area contributed by atoms with E-state index in [0.717, 1.165) is 17.3 Å². The van der Waals surface area contributed by atoms with Gasteiger partial charge in [-0.05, 0) is 29.8 Å². The molecule has 1 aliphatic rings. The molecule has 1 unspecified atom stereocenters. The molecule has 0 bridgehead atoms. The fourth-order valence-corrected chi connectivity index (χ4v) is 3.93. The minimum Gasteiger partial charge on any atom is -0.505 e. The molecule has 2 heterocycles. The number of benzene rings is 2. The Morgan fingerprint density at radius 1 is 1.22 bits per heavy atom. The van der Waals surface area contributed by atoms with Gasteiger partial charge in [0.25, 0.3) is 5.91 Å². The molecule has 8 heteroatoms. The Bertz CT molecular complexity index is 1120. The summed E-state index contributed by atoms with van der Waals surface area (Å²) in [4.78, 5) is 32.8. The number of hydrogen-bond donors (Lipinski definition) is 2. The number of halogens is 1. The lowest BCUT2D eigenvalue weighted by Crippen LogP contribution is -2.22. The number of thioether (sulfide) groups is 1. The van der Waals surface area contributed by atoms with Gasteiger partial charge in [0, 0.05) is 16.6 Å². The van der Waals surface area contributed by atoms with Crippen LogP contribution in [0.15, 0.2) is 59.7 Å². The van der Waals surface area contributed by atoms with E-state index in [4.69, 9.17) is 11.6 Å². The maximum atomic E-state index is 12.5. The molecule has 1 atom stereocenters. The minimum atomic E-state index is -0.658. The summed E-state index contributed by atoms with van der Waals surface area (Å²) in [5.74, 6) is -1.17. The Hall–Kier alpha value is -2.90. The van der Waals surface area contributed by atoms with Crippen LogP contribution in [0.1, 0.15) is 21.2 Å². The Morgan fingerprint density at radius 3 is 2.89 bits per heavy atom. The van der Waals surface area contributed by atoms with Crippen LogP contribution in [0.4, 0.5) is 0 Å². The summed E-state index contributed by atoms with van der Waals surface area (Å²) < 4.78 is 0. The third-order valence-electron chi connectivity index (χ3n) is 4.03. The number of rotatable bonds is 2. The molecule has 2 amide bonds. The second-order valence-corrected chi connectivity index (χ2v) is 7.33. The van der Waals surface area contributed by atoms with E-state index in [0.29, 0.717) is 15.9 Å². The SMILES string of the molecule is O=C(N=C1NC(=O)C(c2cccc(Cl)c2)S1)c1ccc2cccnc2c1O. The number of hydrogen-bond acceptors (Lipinski definition) is 5. The Balaban J connectivity index is 1.62. The van der Waals surface area contributed by atoms with Crippen molar-refractivity contribution in [2.24, 2.45) is 4.99 Å². The third kappa shape index (κ3) is 3.39. The molecule has 1 aromatic heterocycles. The monoisotopic (exact) mass is 397 g/mol. The van der Waals surface area contributed by atoms with Crippen molar-refractivity contribution in [3.8, 4) is 5.75 Å². The van der Waals surface area contributed by atoms with Gasteiger partial charge >= 0.3 is 0 Å². The predicted octanol–water partition coefficient (Wildman–Crippen LogP) is 3.69. The highest BCUT2D eigenvalue weighted by Gasteiger charge is 2.32. The number of carbonyl (C=O) groups is 2. The lowest BCUT2D eigenvalue weighted by atomic mass is 10.1. The molecule has 0 radical (unpaired) electrons. The number of amidine groups is 1. The fraction of sp³-hybridized carbons (Fsp3) is 0.0526. The molecule has 2 N–H and O–H groups in total. The average molecular weight is 398 g/mol. The van der Waals surface area contributed by atoms with Crippen molar-refractivity contribution >= 4 is 51.2 Å². The Labute approximate surface area is 163 Å². The topological polar surface area (TPSA) is 91.7 Å². The molecule has 0 saturated carbocycles. The summed E-state index contributed by atoms with van der Waals surface area (Å²) in [6.07, 6.45) is 1.53. The number of aromatic nitrogens is 1. The van der Waals surface area contributed by atoms with Crippen LogP contribution in [-0.2, 0) is 4.79 Å². The van der Waals surface area contributed by atoms with E-state index in [9.17, 15) is 14.7 Å². The molecule has 134 valence electrons. The van der Waals surface area contributed by atoms with E-state index in [2.05, 4.69) is 15.3 Å². The predicted molar refractivity (Wildman–Crippen MR) is 105 cm³/mol. The van der Waals surface area contributed by atoms with Gasteiger partial charge in [-0.2, -0.15) is 4.99 Å². The number of carbonyl (C=O) groups excluding carboxylic acids is 2. The number of phenols is 1. The lowest BCUT2D eigenvalue weighted by Gasteiger charge is -2.05. The lowest BCUT2D eigenvalue weighted by molar-refractivity contribution is -0.118. The molecule has 1 aliphatic heterocycles. The summed E-state index contributed by atoms with van der Waals surface area (Å²) in [6.45, 7) is 0. The zero-order valence-corrected chi connectivity index (χ0v) is 15.3. The summed E-state index contributed by atoms with van der Waals surface area (Å²) in [5, 5.41) is 13.8. The zero-order valence-electron chi connectivity index (χ0n) is 13.7. The smallest absolute Gasteiger partial charge is 0.283 e. The third-order valence-corrected chi connectivity index (χ3v) is 5.40. The van der Waals surface area contributed by atoms with Gasteiger partial charge in [-0.25, -0.2) is 0 Å². The fourth-order valence-electron chi connectivity index (χ4n) is 2.76. The number of fused-ring (bicyclic) bond motifs is 1. The van der Waals surface area contributed by atoms with Crippen molar-refractivity contribution in [3.05, 3.63) is 70.9 Å². The van der Waals surface area contributed by atoms with Crippen LogP contribution in [-0.4, -0.2) is 27.1 Å². The van der Waals surface area contributed by atoms with Crippen LogP contribution in [0.5, 0.6) is 5.75 Å². The number of amides is 2. The average Bonchev–Trinajstić information content (AvgIpc) is 3.02. The van der Waals surface area contributed by atoms with Gasteiger partial charge in [0.15, 0.2) is 10.9 Å². The van der Waals surface area contributed by atoms with Gasteiger partial charge in [-0.1, -0.05) is 47.6 Å².